The van der Waals surface area contributed by atoms with Crippen LogP contribution in [0.25, 0.3) is 6.08 Å². The minimum atomic E-state index is -1.02. The maximum atomic E-state index is 14.2. The third kappa shape index (κ3) is 7.43. The molecule has 3 aromatic carbocycles. The summed E-state index contributed by atoms with van der Waals surface area (Å²) < 4.78 is 26.5. The topological polar surface area (TPSA) is 102 Å². The first-order chi connectivity index (χ1) is 21.9. The number of nitrogens with zero attached hydrogens (tertiary/aromatic N) is 3. The number of carbonyl (C=O) groups excluding carboxylic acids is 2. The van der Waals surface area contributed by atoms with Gasteiger partial charge in [-0.3, -0.25) is 14.5 Å². The molecule has 1 unspecified atom stereocenters. The molecule has 8 nitrogen and oxygen atoms in total. The van der Waals surface area contributed by atoms with Crippen LogP contribution in [0.3, 0.4) is 0 Å². The van der Waals surface area contributed by atoms with Crippen molar-refractivity contribution in [3.8, 4) is 11.5 Å². The number of ketones is 1. The van der Waals surface area contributed by atoms with Crippen molar-refractivity contribution in [3.05, 3.63) is 113 Å². The minimum absolute atomic E-state index is 0.0926. The number of anilines is 1. The molecule has 0 fully saturated rings. The second-order valence-electron chi connectivity index (χ2n) is 10.0. The van der Waals surface area contributed by atoms with Gasteiger partial charge in [-0.05, 0) is 54.3 Å². The first-order valence-electron chi connectivity index (χ1n) is 14.5. The Morgan fingerprint density at radius 2 is 1.82 bits per heavy atom. The number of carbonyl (C=O) groups is 2. The molecule has 2 heterocycles. The summed E-state index contributed by atoms with van der Waals surface area (Å²) in [5.41, 5.74) is 1.73. The van der Waals surface area contributed by atoms with E-state index in [1.807, 2.05) is 37.3 Å². The summed E-state index contributed by atoms with van der Waals surface area (Å²) in [5, 5.41) is 19.8. The molecule has 4 aromatic rings. The zero-order valence-corrected chi connectivity index (χ0v) is 26.4. The van der Waals surface area contributed by atoms with Crippen LogP contribution in [0, 0.1) is 5.82 Å². The van der Waals surface area contributed by atoms with Gasteiger partial charge in [0.2, 0.25) is 5.13 Å². The molecule has 5 rings (SSSR count). The number of rotatable bonds is 14. The molecule has 1 aliphatic heterocycles. The van der Waals surface area contributed by atoms with E-state index in [1.54, 1.807) is 42.5 Å². The summed E-state index contributed by atoms with van der Waals surface area (Å²) in [7, 11) is 0. The summed E-state index contributed by atoms with van der Waals surface area (Å²) in [6.07, 6.45) is 4.81. The molecule has 1 atom stereocenters. The molecule has 1 aliphatic rings. The van der Waals surface area contributed by atoms with Gasteiger partial charge >= 0.3 is 0 Å². The third-order valence-electron chi connectivity index (χ3n) is 6.95. The lowest BCUT2D eigenvalue weighted by atomic mass is 9.95. The highest BCUT2D eigenvalue weighted by Crippen LogP contribution is 2.45. The van der Waals surface area contributed by atoms with E-state index >= 15 is 0 Å². The molecule has 0 bridgehead atoms. The normalized spacial score (nSPS) is 14.9. The number of aliphatic hydroxyl groups excluding tert-OH is 1. The Bertz CT molecular complexity index is 1720. The molecule has 11 heteroatoms. The molecule has 0 aliphatic carbocycles. The second-order valence-corrected chi connectivity index (χ2v) is 12.2. The van der Waals surface area contributed by atoms with Crippen LogP contribution in [0.5, 0.6) is 11.5 Å². The first kappa shape index (κ1) is 31.9. The van der Waals surface area contributed by atoms with Gasteiger partial charge in [-0.25, -0.2) is 4.39 Å². The van der Waals surface area contributed by atoms with Crippen LogP contribution in [0.2, 0.25) is 0 Å². The molecule has 1 aromatic heterocycles. The van der Waals surface area contributed by atoms with Crippen molar-refractivity contribution in [3.63, 3.8) is 0 Å². The number of hydrogen-bond acceptors (Lipinski definition) is 9. The Morgan fingerprint density at radius 1 is 1.04 bits per heavy atom. The number of aromatic nitrogens is 2. The summed E-state index contributed by atoms with van der Waals surface area (Å²) in [5.74, 6) is -0.991. The first-order valence-corrected chi connectivity index (χ1v) is 16.3. The molecule has 1 N–H and O–H groups in total. The molecule has 0 spiro atoms. The highest BCUT2D eigenvalue weighted by atomic mass is 32.2. The van der Waals surface area contributed by atoms with Gasteiger partial charge < -0.3 is 14.6 Å². The highest BCUT2D eigenvalue weighted by molar-refractivity contribution is 8.00. The SMILES string of the molecule is CCCCOc1ccc(C2C(C(=O)/C=C/c3ccccc3)=C(O)C(=O)N2c2nnc(SCc3ccccc3F)s2)cc1OCC. The van der Waals surface area contributed by atoms with Gasteiger partial charge in [0.25, 0.3) is 5.91 Å². The highest BCUT2D eigenvalue weighted by Gasteiger charge is 2.45. The van der Waals surface area contributed by atoms with Gasteiger partial charge in [0.15, 0.2) is 27.4 Å². The van der Waals surface area contributed by atoms with Crippen molar-refractivity contribution in [1.29, 1.82) is 0 Å². The summed E-state index contributed by atoms with van der Waals surface area (Å²) >= 11 is 2.39. The quantitative estimate of drug-likeness (QED) is 0.0644. The predicted molar refractivity (Wildman–Crippen MR) is 174 cm³/mol. The van der Waals surface area contributed by atoms with Crippen LogP contribution < -0.4 is 14.4 Å². The van der Waals surface area contributed by atoms with E-state index in [-0.39, 0.29) is 16.5 Å². The Hall–Kier alpha value is -4.48. The molecule has 0 saturated heterocycles. The number of amides is 1. The maximum Gasteiger partial charge on any atom is 0.296 e. The molecule has 0 saturated carbocycles. The second kappa shape index (κ2) is 15.0. The van der Waals surface area contributed by atoms with E-state index in [0.717, 1.165) is 29.7 Å². The third-order valence-corrected chi connectivity index (χ3v) is 9.05. The van der Waals surface area contributed by atoms with Crippen molar-refractivity contribution < 1.29 is 28.6 Å². The van der Waals surface area contributed by atoms with Crippen molar-refractivity contribution in [2.75, 3.05) is 18.1 Å². The van der Waals surface area contributed by atoms with E-state index in [1.165, 1.54) is 28.8 Å². The molecule has 45 heavy (non-hydrogen) atoms. The lowest BCUT2D eigenvalue weighted by molar-refractivity contribution is -0.117. The summed E-state index contributed by atoms with van der Waals surface area (Å²) in [6, 6.07) is 19.9. The summed E-state index contributed by atoms with van der Waals surface area (Å²) in [6.45, 7) is 4.80. The van der Waals surface area contributed by atoms with E-state index in [9.17, 15) is 19.1 Å². The minimum Gasteiger partial charge on any atom is -0.503 e. The van der Waals surface area contributed by atoms with Crippen molar-refractivity contribution in [2.45, 2.75) is 42.8 Å². The predicted octanol–water partition coefficient (Wildman–Crippen LogP) is 7.73. The molecular weight excluding hydrogens is 614 g/mol. The van der Waals surface area contributed by atoms with Gasteiger partial charge in [0.1, 0.15) is 5.82 Å². The fourth-order valence-corrected chi connectivity index (χ4v) is 6.57. The standard InChI is InChI=1S/C34H32FN3O5S2/c1-3-5-19-43-27-18-16-23(20-28(27)42-4-2)30-29(26(39)17-15-22-11-7-6-8-12-22)31(40)32(41)38(30)33-36-37-34(45-33)44-21-24-13-9-10-14-25(24)35/h6-18,20,30,40H,3-5,19,21H2,1-2H3/b17-15+. The average Bonchev–Trinajstić information content (AvgIpc) is 3.62. The van der Waals surface area contributed by atoms with E-state index in [2.05, 4.69) is 17.1 Å². The largest absolute Gasteiger partial charge is 0.503 e. The number of aliphatic hydroxyl groups is 1. The maximum absolute atomic E-state index is 14.2. The molecule has 1 amide bonds. The van der Waals surface area contributed by atoms with Gasteiger partial charge in [-0.2, -0.15) is 0 Å². The van der Waals surface area contributed by atoms with Crippen LogP contribution in [-0.4, -0.2) is 40.2 Å². The number of thioether (sulfide) groups is 1. The number of hydrogen-bond donors (Lipinski definition) is 1. The Balaban J connectivity index is 1.51. The number of allylic oxidation sites excluding steroid dienone is 1. The molecular formula is C34H32FN3O5S2. The number of ether oxygens (including phenoxy) is 2. The molecule has 232 valence electrons. The lowest BCUT2D eigenvalue weighted by Crippen LogP contribution is -2.31. The van der Waals surface area contributed by atoms with Crippen molar-refractivity contribution >= 4 is 46.0 Å². The van der Waals surface area contributed by atoms with Crippen molar-refractivity contribution in [2.24, 2.45) is 0 Å². The zero-order valence-electron chi connectivity index (χ0n) is 24.8. The van der Waals surface area contributed by atoms with Crippen LogP contribution in [0.4, 0.5) is 9.52 Å². The number of unbranched alkanes of at least 4 members (excludes halogenated alkanes) is 1. The zero-order chi connectivity index (χ0) is 31.8. The Morgan fingerprint density at radius 3 is 2.58 bits per heavy atom. The smallest absolute Gasteiger partial charge is 0.296 e. The van der Waals surface area contributed by atoms with Crippen LogP contribution in [-0.2, 0) is 15.3 Å². The fraction of sp³-hybridized carbons (Fsp3) is 0.235. The number of halogens is 1. The van der Waals surface area contributed by atoms with Gasteiger partial charge in [-0.15, -0.1) is 10.2 Å². The van der Waals surface area contributed by atoms with E-state index in [0.29, 0.717) is 45.9 Å². The van der Waals surface area contributed by atoms with Crippen LogP contribution >= 0.6 is 23.1 Å². The van der Waals surface area contributed by atoms with E-state index in [4.69, 9.17) is 9.47 Å². The van der Waals surface area contributed by atoms with Crippen LogP contribution in [0.15, 0.2) is 94.5 Å². The summed E-state index contributed by atoms with van der Waals surface area (Å²) in [4.78, 5) is 28.6. The average molecular weight is 646 g/mol. The molecule has 0 radical (unpaired) electrons. The fourth-order valence-electron chi connectivity index (χ4n) is 4.72. The van der Waals surface area contributed by atoms with Gasteiger partial charge in [0, 0.05) is 5.75 Å². The van der Waals surface area contributed by atoms with E-state index < -0.39 is 23.5 Å². The van der Waals surface area contributed by atoms with Gasteiger partial charge in [0.05, 0.1) is 24.8 Å². The van der Waals surface area contributed by atoms with Crippen LogP contribution in [0.1, 0.15) is 49.4 Å². The Kier molecular flexibility index (Phi) is 10.6. The lowest BCUT2D eigenvalue weighted by Gasteiger charge is -2.24. The van der Waals surface area contributed by atoms with Crippen molar-refractivity contribution in [1.82, 2.24) is 10.2 Å². The monoisotopic (exact) mass is 645 g/mol. The number of benzene rings is 3. The van der Waals surface area contributed by atoms with Gasteiger partial charge in [-0.1, -0.05) is 97.1 Å². The Labute approximate surface area is 269 Å².